The Labute approximate surface area is 170 Å². The smallest absolute Gasteiger partial charge is 0.289 e. The summed E-state index contributed by atoms with van der Waals surface area (Å²) in [6, 6.07) is 8.54. The molecular weight excluding hydrogens is 430 g/mol. The van der Waals surface area contributed by atoms with E-state index in [-0.39, 0.29) is 18.6 Å². The molecule has 0 atom stereocenters. The molecule has 0 unspecified atom stereocenters. The van der Waals surface area contributed by atoms with Gasteiger partial charge in [-0.2, -0.15) is 0 Å². The van der Waals surface area contributed by atoms with E-state index in [1.54, 1.807) is 35.2 Å². The predicted molar refractivity (Wildman–Crippen MR) is 104 cm³/mol. The minimum Gasteiger partial charge on any atom is -0.454 e. The highest BCUT2D eigenvalue weighted by Crippen LogP contribution is 2.32. The van der Waals surface area contributed by atoms with Crippen molar-refractivity contribution in [2.24, 2.45) is 0 Å². The number of amides is 2. The van der Waals surface area contributed by atoms with Gasteiger partial charge in [0, 0.05) is 44.8 Å². The molecule has 148 valence electrons. The number of nitrogens with zero attached hydrogens (tertiary/aromatic N) is 2. The van der Waals surface area contributed by atoms with Gasteiger partial charge in [-0.25, -0.2) is 0 Å². The summed E-state index contributed by atoms with van der Waals surface area (Å²) in [4.78, 5) is 28.7. The van der Waals surface area contributed by atoms with Crippen molar-refractivity contribution < 1.29 is 23.5 Å². The maximum absolute atomic E-state index is 12.4. The lowest BCUT2D eigenvalue weighted by Gasteiger charge is -2.34. The highest BCUT2D eigenvalue weighted by Gasteiger charge is 2.24. The topological polar surface area (TPSA) is 84.3 Å². The maximum atomic E-state index is 12.4. The Balaban J connectivity index is 1.20. The van der Waals surface area contributed by atoms with Gasteiger partial charge in [-0.05, 0) is 46.3 Å². The first-order valence-corrected chi connectivity index (χ1v) is 9.84. The molecule has 8 nitrogen and oxygen atoms in total. The highest BCUT2D eigenvalue weighted by atomic mass is 79.9. The summed E-state index contributed by atoms with van der Waals surface area (Å²) in [5.41, 5.74) is 0.546. The van der Waals surface area contributed by atoms with Crippen LogP contribution in [0.2, 0.25) is 0 Å². The Morgan fingerprint density at radius 1 is 1.04 bits per heavy atom. The molecule has 1 fully saturated rings. The Hall–Kier alpha value is -2.52. The number of benzene rings is 1. The molecule has 2 aliphatic heterocycles. The van der Waals surface area contributed by atoms with Crippen LogP contribution in [-0.4, -0.2) is 67.7 Å². The molecule has 2 amide bonds. The molecule has 28 heavy (non-hydrogen) atoms. The number of furan rings is 1. The molecule has 1 aromatic carbocycles. The Morgan fingerprint density at radius 2 is 1.82 bits per heavy atom. The van der Waals surface area contributed by atoms with Crippen LogP contribution in [0.3, 0.4) is 0 Å². The van der Waals surface area contributed by atoms with Crippen molar-refractivity contribution in [1.29, 1.82) is 0 Å². The lowest BCUT2D eigenvalue weighted by atomic mass is 10.2. The van der Waals surface area contributed by atoms with Crippen molar-refractivity contribution >= 4 is 27.7 Å². The SMILES string of the molecule is O=C(NCCN1CCN(C(=O)c2ccc(Br)o2)CC1)c1ccc2c(c1)OCO2. The Morgan fingerprint density at radius 3 is 2.57 bits per heavy atom. The molecule has 9 heteroatoms. The monoisotopic (exact) mass is 449 g/mol. The summed E-state index contributed by atoms with van der Waals surface area (Å²) < 4.78 is 16.4. The predicted octanol–water partition coefficient (Wildman–Crippen LogP) is 1.96. The normalized spacial score (nSPS) is 16.2. The van der Waals surface area contributed by atoms with Crippen molar-refractivity contribution in [3.63, 3.8) is 0 Å². The highest BCUT2D eigenvalue weighted by molar-refractivity contribution is 9.10. The van der Waals surface area contributed by atoms with Gasteiger partial charge in [-0.15, -0.1) is 0 Å². The van der Waals surface area contributed by atoms with Crippen molar-refractivity contribution in [2.45, 2.75) is 0 Å². The van der Waals surface area contributed by atoms with Crippen molar-refractivity contribution in [3.05, 3.63) is 46.3 Å². The minimum absolute atomic E-state index is 0.0959. The fourth-order valence-corrected chi connectivity index (χ4v) is 3.53. The number of fused-ring (bicyclic) bond motifs is 1. The van der Waals surface area contributed by atoms with Crippen LogP contribution in [0, 0.1) is 0 Å². The average Bonchev–Trinajstić information content (AvgIpc) is 3.36. The molecule has 2 aliphatic rings. The largest absolute Gasteiger partial charge is 0.454 e. The van der Waals surface area contributed by atoms with Crippen LogP contribution in [-0.2, 0) is 0 Å². The summed E-state index contributed by atoms with van der Waals surface area (Å²) in [6.45, 7) is 4.23. The van der Waals surface area contributed by atoms with Gasteiger partial charge in [-0.3, -0.25) is 14.5 Å². The van der Waals surface area contributed by atoms with E-state index in [4.69, 9.17) is 13.9 Å². The molecule has 2 aromatic rings. The Kier molecular flexibility index (Phi) is 5.54. The number of halogens is 1. The lowest BCUT2D eigenvalue weighted by Crippen LogP contribution is -2.50. The number of carbonyl (C=O) groups is 2. The third kappa shape index (κ3) is 4.15. The van der Waals surface area contributed by atoms with E-state index >= 15 is 0 Å². The first-order chi connectivity index (χ1) is 13.6. The molecule has 1 saturated heterocycles. The fourth-order valence-electron chi connectivity index (χ4n) is 3.23. The fraction of sp³-hybridized carbons (Fsp3) is 0.368. The van der Waals surface area contributed by atoms with Crippen molar-refractivity contribution in [1.82, 2.24) is 15.1 Å². The summed E-state index contributed by atoms with van der Waals surface area (Å²) in [7, 11) is 0. The Bertz CT molecular complexity index is 876. The average molecular weight is 450 g/mol. The zero-order chi connectivity index (χ0) is 19.5. The molecule has 4 rings (SSSR count). The van der Waals surface area contributed by atoms with E-state index < -0.39 is 0 Å². The zero-order valence-electron chi connectivity index (χ0n) is 15.2. The van der Waals surface area contributed by atoms with Crippen LogP contribution in [0.1, 0.15) is 20.9 Å². The van der Waals surface area contributed by atoms with E-state index in [1.165, 1.54) is 0 Å². The lowest BCUT2D eigenvalue weighted by molar-refractivity contribution is 0.0606. The summed E-state index contributed by atoms with van der Waals surface area (Å²) in [5.74, 6) is 1.36. The molecule has 1 N–H and O–H groups in total. The standard InChI is InChI=1S/C19H20BrN3O5/c20-17-4-3-15(28-17)19(25)23-9-7-22(8-10-23)6-5-21-18(24)13-1-2-14-16(11-13)27-12-26-14/h1-4,11H,5-10,12H2,(H,21,24). The number of rotatable bonds is 5. The second-order valence-corrected chi connectivity index (χ2v) is 7.34. The van der Waals surface area contributed by atoms with Gasteiger partial charge in [0.05, 0.1) is 0 Å². The van der Waals surface area contributed by atoms with E-state index in [9.17, 15) is 9.59 Å². The van der Waals surface area contributed by atoms with Gasteiger partial charge in [0.1, 0.15) is 0 Å². The molecule has 0 saturated carbocycles. The number of nitrogens with one attached hydrogen (secondary N) is 1. The molecule has 3 heterocycles. The van der Waals surface area contributed by atoms with Crippen LogP contribution in [0.15, 0.2) is 39.4 Å². The van der Waals surface area contributed by atoms with Crippen LogP contribution in [0.5, 0.6) is 11.5 Å². The van der Waals surface area contributed by atoms with Gasteiger partial charge >= 0.3 is 0 Å². The van der Waals surface area contributed by atoms with E-state index in [2.05, 4.69) is 26.1 Å². The molecule has 0 bridgehead atoms. The van der Waals surface area contributed by atoms with Crippen molar-refractivity contribution in [2.75, 3.05) is 46.1 Å². The molecule has 0 spiro atoms. The van der Waals surface area contributed by atoms with Crippen LogP contribution < -0.4 is 14.8 Å². The van der Waals surface area contributed by atoms with Gasteiger partial charge in [0.25, 0.3) is 11.8 Å². The van der Waals surface area contributed by atoms with Gasteiger partial charge in [0.2, 0.25) is 6.79 Å². The number of hydrogen-bond donors (Lipinski definition) is 1. The third-order valence-corrected chi connectivity index (χ3v) is 5.22. The minimum atomic E-state index is -0.143. The summed E-state index contributed by atoms with van der Waals surface area (Å²) in [6.07, 6.45) is 0. The summed E-state index contributed by atoms with van der Waals surface area (Å²) in [5, 5.41) is 2.92. The molecule has 0 radical (unpaired) electrons. The van der Waals surface area contributed by atoms with Gasteiger partial charge in [-0.1, -0.05) is 0 Å². The number of piperazine rings is 1. The zero-order valence-corrected chi connectivity index (χ0v) is 16.7. The van der Waals surface area contributed by atoms with Crippen LogP contribution >= 0.6 is 15.9 Å². The molecule has 0 aliphatic carbocycles. The maximum Gasteiger partial charge on any atom is 0.289 e. The van der Waals surface area contributed by atoms with Gasteiger partial charge < -0.3 is 24.1 Å². The van der Waals surface area contributed by atoms with Crippen LogP contribution in [0.4, 0.5) is 0 Å². The second kappa shape index (κ2) is 8.24. The number of ether oxygens (including phenoxy) is 2. The van der Waals surface area contributed by atoms with Crippen LogP contribution in [0.25, 0.3) is 0 Å². The first-order valence-electron chi connectivity index (χ1n) is 9.05. The van der Waals surface area contributed by atoms with Crippen molar-refractivity contribution in [3.8, 4) is 11.5 Å². The van der Waals surface area contributed by atoms with E-state index in [0.717, 1.165) is 19.6 Å². The number of hydrogen-bond acceptors (Lipinski definition) is 6. The summed E-state index contributed by atoms with van der Waals surface area (Å²) >= 11 is 3.21. The molecular formula is C19H20BrN3O5. The second-order valence-electron chi connectivity index (χ2n) is 6.56. The van der Waals surface area contributed by atoms with Gasteiger partial charge in [0.15, 0.2) is 21.9 Å². The van der Waals surface area contributed by atoms with E-state index in [0.29, 0.717) is 47.1 Å². The quantitative estimate of drug-likeness (QED) is 0.750. The molecule has 1 aromatic heterocycles. The third-order valence-electron chi connectivity index (χ3n) is 4.79. The van der Waals surface area contributed by atoms with E-state index in [1.807, 2.05) is 0 Å². The first kappa shape index (κ1) is 18.8. The number of carbonyl (C=O) groups excluding carboxylic acids is 2.